The van der Waals surface area contributed by atoms with Crippen LogP contribution < -0.4 is 16.1 Å². The molecule has 1 heterocycles. The van der Waals surface area contributed by atoms with E-state index >= 15 is 0 Å². The molecule has 1 aromatic heterocycles. The van der Waals surface area contributed by atoms with E-state index in [1.54, 1.807) is 29.7 Å². The summed E-state index contributed by atoms with van der Waals surface area (Å²) in [6.07, 6.45) is 2.89. The summed E-state index contributed by atoms with van der Waals surface area (Å²) in [5.41, 5.74) is -0.563. The lowest BCUT2D eigenvalue weighted by atomic mass is 10.1. The van der Waals surface area contributed by atoms with Crippen molar-refractivity contribution in [3.63, 3.8) is 0 Å². The number of carbonyl (C=O) groups excluding carboxylic acids is 2. The van der Waals surface area contributed by atoms with E-state index in [1.807, 2.05) is 13.8 Å². The number of rotatable bonds is 7. The van der Waals surface area contributed by atoms with Crippen LogP contribution in [0.5, 0.6) is 0 Å². The fourth-order valence-electron chi connectivity index (χ4n) is 2.65. The fourth-order valence-corrected chi connectivity index (χ4v) is 2.65. The van der Waals surface area contributed by atoms with Gasteiger partial charge in [0.25, 0.3) is 11.8 Å². The highest BCUT2D eigenvalue weighted by atomic mass is 19.1. The van der Waals surface area contributed by atoms with Gasteiger partial charge in [0.1, 0.15) is 16.9 Å². The summed E-state index contributed by atoms with van der Waals surface area (Å²) in [5.74, 6) is -1.36. The summed E-state index contributed by atoms with van der Waals surface area (Å²) >= 11 is 0. The van der Waals surface area contributed by atoms with Gasteiger partial charge < -0.3 is 15.2 Å². The molecule has 0 atom stereocenters. The van der Waals surface area contributed by atoms with Crippen LogP contribution in [0, 0.1) is 11.7 Å². The second-order valence-corrected chi connectivity index (χ2v) is 6.64. The summed E-state index contributed by atoms with van der Waals surface area (Å²) < 4.78 is 15.4. The molecule has 144 valence electrons. The van der Waals surface area contributed by atoms with Gasteiger partial charge >= 0.3 is 0 Å². The number of carbonyl (C=O) groups is 2. The van der Waals surface area contributed by atoms with Crippen molar-refractivity contribution < 1.29 is 14.0 Å². The SMILES string of the molecule is CCNC(=O)c1cn(CC(C)C)cc(C(=O)NCc2ccccc2F)c1=O. The number of benzene rings is 1. The first-order chi connectivity index (χ1) is 12.8. The molecule has 2 N–H and O–H groups in total. The predicted molar refractivity (Wildman–Crippen MR) is 101 cm³/mol. The van der Waals surface area contributed by atoms with Gasteiger partial charge in [0.05, 0.1) is 0 Å². The Morgan fingerprint density at radius 1 is 1.07 bits per heavy atom. The molecular weight excluding hydrogens is 349 g/mol. The number of nitrogens with one attached hydrogen (secondary N) is 2. The van der Waals surface area contributed by atoms with Gasteiger partial charge in [-0.25, -0.2) is 4.39 Å². The molecule has 0 fully saturated rings. The van der Waals surface area contributed by atoms with E-state index < -0.39 is 23.1 Å². The van der Waals surface area contributed by atoms with Gasteiger partial charge in [0, 0.05) is 37.6 Å². The summed E-state index contributed by atoms with van der Waals surface area (Å²) in [5, 5.41) is 5.13. The molecule has 27 heavy (non-hydrogen) atoms. The molecule has 0 bridgehead atoms. The minimum Gasteiger partial charge on any atom is -0.352 e. The van der Waals surface area contributed by atoms with Crippen LogP contribution in [-0.4, -0.2) is 22.9 Å². The molecule has 2 rings (SSSR count). The Balaban J connectivity index is 2.34. The number of aromatic nitrogens is 1. The van der Waals surface area contributed by atoms with Crippen molar-refractivity contribution in [1.82, 2.24) is 15.2 Å². The van der Waals surface area contributed by atoms with E-state index in [4.69, 9.17) is 0 Å². The number of hydrogen-bond acceptors (Lipinski definition) is 3. The average Bonchev–Trinajstić information content (AvgIpc) is 2.61. The third kappa shape index (κ3) is 5.26. The van der Waals surface area contributed by atoms with Crippen LogP contribution in [0.15, 0.2) is 41.5 Å². The summed E-state index contributed by atoms with van der Waals surface area (Å²) in [6.45, 7) is 6.58. The largest absolute Gasteiger partial charge is 0.352 e. The molecule has 0 saturated heterocycles. The lowest BCUT2D eigenvalue weighted by Crippen LogP contribution is -2.35. The molecule has 0 unspecified atom stereocenters. The van der Waals surface area contributed by atoms with Gasteiger partial charge in [0.15, 0.2) is 0 Å². The van der Waals surface area contributed by atoms with Crippen LogP contribution in [0.25, 0.3) is 0 Å². The molecule has 6 nitrogen and oxygen atoms in total. The van der Waals surface area contributed by atoms with Crippen LogP contribution in [0.1, 0.15) is 47.1 Å². The Bertz CT molecular complexity index is 890. The van der Waals surface area contributed by atoms with Crippen molar-refractivity contribution in [2.75, 3.05) is 6.54 Å². The van der Waals surface area contributed by atoms with Crippen LogP contribution in [-0.2, 0) is 13.1 Å². The highest BCUT2D eigenvalue weighted by Crippen LogP contribution is 2.07. The van der Waals surface area contributed by atoms with E-state index in [-0.39, 0.29) is 23.6 Å². The summed E-state index contributed by atoms with van der Waals surface area (Å²) in [4.78, 5) is 37.4. The first kappa shape index (κ1) is 20.4. The molecule has 0 aliphatic heterocycles. The van der Waals surface area contributed by atoms with Gasteiger partial charge in [-0.3, -0.25) is 14.4 Å². The standard InChI is InChI=1S/C20H24FN3O3/c1-4-22-19(26)15-11-24(10-13(2)3)12-16(18(15)25)20(27)23-9-14-7-5-6-8-17(14)21/h5-8,11-13H,4,9-10H2,1-3H3,(H,22,26)(H,23,27). The molecule has 1 aromatic carbocycles. The van der Waals surface area contributed by atoms with E-state index in [9.17, 15) is 18.8 Å². The summed E-state index contributed by atoms with van der Waals surface area (Å²) in [6, 6.07) is 6.07. The lowest BCUT2D eigenvalue weighted by molar-refractivity contribution is 0.0948. The van der Waals surface area contributed by atoms with Crippen molar-refractivity contribution in [1.29, 1.82) is 0 Å². The molecule has 2 amide bonds. The first-order valence-electron chi connectivity index (χ1n) is 8.87. The molecule has 0 spiro atoms. The highest BCUT2D eigenvalue weighted by Gasteiger charge is 2.19. The maximum absolute atomic E-state index is 13.7. The number of halogens is 1. The van der Waals surface area contributed by atoms with Gasteiger partial charge in [-0.2, -0.15) is 0 Å². The molecule has 2 aromatic rings. The third-order valence-electron chi connectivity index (χ3n) is 3.88. The minimum absolute atomic E-state index is 0.0550. The van der Waals surface area contributed by atoms with Crippen molar-refractivity contribution >= 4 is 11.8 Å². The number of hydrogen-bond donors (Lipinski definition) is 2. The topological polar surface area (TPSA) is 80.2 Å². The maximum atomic E-state index is 13.7. The van der Waals surface area contributed by atoms with Gasteiger partial charge in [-0.1, -0.05) is 32.0 Å². The molecule has 7 heteroatoms. The first-order valence-corrected chi connectivity index (χ1v) is 8.87. The zero-order chi connectivity index (χ0) is 20.0. The van der Waals surface area contributed by atoms with Crippen molar-refractivity contribution in [3.05, 3.63) is 69.4 Å². The number of nitrogens with zero attached hydrogens (tertiary/aromatic N) is 1. The van der Waals surface area contributed by atoms with E-state index in [2.05, 4.69) is 10.6 Å². The molecule has 0 aliphatic carbocycles. The van der Waals surface area contributed by atoms with Crippen molar-refractivity contribution in [2.24, 2.45) is 5.92 Å². The second kappa shape index (κ2) is 9.12. The zero-order valence-electron chi connectivity index (χ0n) is 15.7. The smallest absolute Gasteiger partial charge is 0.257 e. The Morgan fingerprint density at radius 3 is 2.22 bits per heavy atom. The zero-order valence-corrected chi connectivity index (χ0v) is 15.7. The van der Waals surface area contributed by atoms with Crippen LogP contribution in [0.2, 0.25) is 0 Å². The van der Waals surface area contributed by atoms with Gasteiger partial charge in [0.2, 0.25) is 5.43 Å². The Kier molecular flexibility index (Phi) is 6.87. The highest BCUT2D eigenvalue weighted by molar-refractivity contribution is 5.99. The van der Waals surface area contributed by atoms with E-state index in [1.165, 1.54) is 18.5 Å². The number of pyridine rings is 1. The second-order valence-electron chi connectivity index (χ2n) is 6.64. The Labute approximate surface area is 157 Å². The maximum Gasteiger partial charge on any atom is 0.257 e. The fraction of sp³-hybridized carbons (Fsp3) is 0.350. The lowest BCUT2D eigenvalue weighted by Gasteiger charge is -2.14. The third-order valence-corrected chi connectivity index (χ3v) is 3.88. The summed E-state index contributed by atoms with van der Waals surface area (Å²) in [7, 11) is 0. The molecular formula is C20H24FN3O3. The minimum atomic E-state index is -0.646. The van der Waals surface area contributed by atoms with Crippen LogP contribution >= 0.6 is 0 Å². The monoisotopic (exact) mass is 373 g/mol. The van der Waals surface area contributed by atoms with Crippen LogP contribution in [0.3, 0.4) is 0 Å². The Morgan fingerprint density at radius 2 is 1.67 bits per heavy atom. The quantitative estimate of drug-likeness (QED) is 0.782. The van der Waals surface area contributed by atoms with Gasteiger partial charge in [-0.05, 0) is 18.9 Å². The molecule has 0 aliphatic rings. The molecule has 0 radical (unpaired) electrons. The van der Waals surface area contributed by atoms with Crippen molar-refractivity contribution in [2.45, 2.75) is 33.9 Å². The molecule has 0 saturated carbocycles. The van der Waals surface area contributed by atoms with E-state index in [0.29, 0.717) is 18.7 Å². The Hall–Kier alpha value is -2.96. The van der Waals surface area contributed by atoms with Crippen molar-refractivity contribution in [3.8, 4) is 0 Å². The van der Waals surface area contributed by atoms with Gasteiger partial charge in [-0.15, -0.1) is 0 Å². The average molecular weight is 373 g/mol. The normalized spacial score (nSPS) is 10.7. The number of amides is 2. The van der Waals surface area contributed by atoms with E-state index in [0.717, 1.165) is 0 Å². The predicted octanol–water partition coefficient (Wildman–Crippen LogP) is 2.32. The van der Waals surface area contributed by atoms with Crippen LogP contribution in [0.4, 0.5) is 4.39 Å².